The lowest BCUT2D eigenvalue weighted by Crippen LogP contribution is -2.41. The molecule has 1 aliphatic heterocycles. The van der Waals surface area contributed by atoms with E-state index < -0.39 is 0 Å². The summed E-state index contributed by atoms with van der Waals surface area (Å²) in [4.78, 5) is 11.2. The molecule has 0 spiro atoms. The predicted molar refractivity (Wildman–Crippen MR) is 91.5 cm³/mol. The number of anilines is 1. The molecule has 2 aromatic heterocycles. The zero-order chi connectivity index (χ0) is 16.5. The molecule has 24 heavy (non-hydrogen) atoms. The van der Waals surface area contributed by atoms with Crippen LogP contribution in [0, 0.1) is 17.2 Å². The molecular formula is C18H18N6. The minimum absolute atomic E-state index is 0.339. The van der Waals surface area contributed by atoms with E-state index in [0.29, 0.717) is 23.0 Å². The van der Waals surface area contributed by atoms with Crippen molar-refractivity contribution in [3.05, 3.63) is 48.5 Å². The van der Waals surface area contributed by atoms with Crippen LogP contribution in [0.4, 0.5) is 5.69 Å². The minimum Gasteiger partial charge on any atom is -0.367 e. The molecule has 0 unspecified atom stereocenters. The summed E-state index contributed by atoms with van der Waals surface area (Å²) in [7, 11) is 0. The average molecular weight is 318 g/mol. The highest BCUT2D eigenvalue weighted by Gasteiger charge is 2.27. The van der Waals surface area contributed by atoms with Crippen LogP contribution >= 0.6 is 0 Å². The van der Waals surface area contributed by atoms with Gasteiger partial charge in [0, 0.05) is 37.9 Å². The Kier molecular flexibility index (Phi) is 3.62. The molecule has 0 aliphatic carbocycles. The minimum atomic E-state index is 0.339. The van der Waals surface area contributed by atoms with Crippen molar-refractivity contribution >= 4 is 16.7 Å². The van der Waals surface area contributed by atoms with E-state index in [4.69, 9.17) is 0 Å². The number of nitriles is 1. The smallest absolute Gasteiger partial charge is 0.113 e. The number of aromatic nitrogens is 4. The summed E-state index contributed by atoms with van der Waals surface area (Å²) in [5, 5.41) is 13.7. The summed E-state index contributed by atoms with van der Waals surface area (Å²) in [5.74, 6) is 0.551. The van der Waals surface area contributed by atoms with Crippen LogP contribution in [0.1, 0.15) is 24.9 Å². The summed E-state index contributed by atoms with van der Waals surface area (Å²) in [5.41, 5.74) is 3.08. The number of rotatable bonds is 2. The first kappa shape index (κ1) is 14.6. The van der Waals surface area contributed by atoms with Crippen LogP contribution in [0.25, 0.3) is 11.0 Å². The topological polar surface area (TPSA) is 70.6 Å². The largest absolute Gasteiger partial charge is 0.367 e. The van der Waals surface area contributed by atoms with Gasteiger partial charge in [-0.15, -0.1) is 0 Å². The lowest BCUT2D eigenvalue weighted by molar-refractivity contribution is 0.314. The van der Waals surface area contributed by atoms with Crippen LogP contribution in [-0.4, -0.2) is 32.8 Å². The van der Waals surface area contributed by atoms with Gasteiger partial charge in [-0.25, -0.2) is 0 Å². The zero-order valence-electron chi connectivity index (χ0n) is 13.5. The first-order valence-corrected chi connectivity index (χ1v) is 8.14. The third-order valence-corrected chi connectivity index (χ3v) is 4.60. The number of hydrogen-bond acceptors (Lipinski definition) is 5. The van der Waals surface area contributed by atoms with Crippen molar-refractivity contribution in [3.8, 4) is 6.07 Å². The van der Waals surface area contributed by atoms with Crippen molar-refractivity contribution in [2.24, 2.45) is 5.92 Å². The lowest BCUT2D eigenvalue weighted by atomic mass is 9.95. The maximum absolute atomic E-state index is 9.30. The number of nitrogens with zero attached hydrogens (tertiary/aromatic N) is 6. The summed E-state index contributed by atoms with van der Waals surface area (Å²) in [6.45, 7) is 4.11. The molecule has 3 aromatic rings. The molecule has 120 valence electrons. The Labute approximate surface area is 140 Å². The Hall–Kier alpha value is -2.94. The quantitative estimate of drug-likeness (QED) is 0.726. The van der Waals surface area contributed by atoms with Gasteiger partial charge in [-0.2, -0.15) is 10.4 Å². The van der Waals surface area contributed by atoms with E-state index in [1.165, 1.54) is 0 Å². The summed E-state index contributed by atoms with van der Waals surface area (Å²) in [6, 6.07) is 8.34. The molecule has 3 heterocycles. The van der Waals surface area contributed by atoms with Gasteiger partial charge in [0.15, 0.2) is 0 Å². The summed E-state index contributed by atoms with van der Waals surface area (Å²) < 4.78 is 2.04. The molecule has 6 nitrogen and oxygen atoms in total. The van der Waals surface area contributed by atoms with Crippen LogP contribution in [0.2, 0.25) is 0 Å². The van der Waals surface area contributed by atoms with E-state index in [0.717, 1.165) is 30.7 Å². The van der Waals surface area contributed by atoms with Gasteiger partial charge < -0.3 is 4.90 Å². The van der Waals surface area contributed by atoms with Crippen LogP contribution < -0.4 is 4.90 Å². The Bertz CT molecular complexity index is 896. The Morgan fingerprint density at radius 1 is 1.12 bits per heavy atom. The molecular weight excluding hydrogens is 300 g/mol. The highest BCUT2D eigenvalue weighted by molar-refractivity contribution is 5.91. The van der Waals surface area contributed by atoms with Gasteiger partial charge in [0.2, 0.25) is 0 Å². The van der Waals surface area contributed by atoms with Gasteiger partial charge >= 0.3 is 0 Å². The second-order valence-corrected chi connectivity index (χ2v) is 6.38. The molecule has 1 aromatic carbocycles. The molecule has 0 radical (unpaired) electrons. The number of hydrogen-bond donors (Lipinski definition) is 0. The first-order chi connectivity index (χ1) is 11.8. The van der Waals surface area contributed by atoms with Crippen molar-refractivity contribution in [1.82, 2.24) is 19.7 Å². The van der Waals surface area contributed by atoms with E-state index in [1.54, 1.807) is 12.4 Å². The van der Waals surface area contributed by atoms with Gasteiger partial charge in [-0.05, 0) is 30.5 Å². The molecule has 4 rings (SSSR count). The van der Waals surface area contributed by atoms with Crippen LogP contribution in [-0.2, 0) is 0 Å². The van der Waals surface area contributed by atoms with Gasteiger partial charge in [0.25, 0.3) is 0 Å². The first-order valence-electron chi connectivity index (χ1n) is 8.14. The standard InChI is InChI=1S/C18H18N6/c1-13-9-15(24-8-2-5-22-24)12-23(11-13)16-4-3-14(10-19)17-18(16)21-7-6-20-17/h2-8,13,15H,9,11-12H2,1H3/t13-,15+/m0/s1. The molecule has 6 heteroatoms. The van der Waals surface area contributed by atoms with E-state index in [2.05, 4.69) is 33.0 Å². The molecule has 2 atom stereocenters. The van der Waals surface area contributed by atoms with Crippen LogP contribution in [0.15, 0.2) is 43.0 Å². The van der Waals surface area contributed by atoms with E-state index >= 15 is 0 Å². The van der Waals surface area contributed by atoms with Crippen LogP contribution in [0.5, 0.6) is 0 Å². The Morgan fingerprint density at radius 3 is 2.71 bits per heavy atom. The molecule has 0 saturated carbocycles. The SMILES string of the molecule is C[C@H]1C[C@@H](n2cccn2)CN(c2ccc(C#N)c3nccnc23)C1. The number of fused-ring (bicyclic) bond motifs is 1. The second-order valence-electron chi connectivity index (χ2n) is 6.38. The van der Waals surface area contributed by atoms with E-state index in [-0.39, 0.29) is 0 Å². The third-order valence-electron chi connectivity index (χ3n) is 4.60. The van der Waals surface area contributed by atoms with Gasteiger partial charge in [0.05, 0.1) is 17.3 Å². The maximum atomic E-state index is 9.30. The highest BCUT2D eigenvalue weighted by atomic mass is 15.3. The molecule has 1 saturated heterocycles. The van der Waals surface area contributed by atoms with Gasteiger partial charge in [-0.1, -0.05) is 6.92 Å². The summed E-state index contributed by atoms with van der Waals surface area (Å²) >= 11 is 0. The Morgan fingerprint density at radius 2 is 1.96 bits per heavy atom. The number of piperidine rings is 1. The van der Waals surface area contributed by atoms with Crippen molar-refractivity contribution in [1.29, 1.82) is 5.26 Å². The monoisotopic (exact) mass is 318 g/mol. The van der Waals surface area contributed by atoms with Gasteiger partial charge in [0.1, 0.15) is 17.1 Å². The Balaban J connectivity index is 1.75. The van der Waals surface area contributed by atoms with E-state index in [9.17, 15) is 5.26 Å². The fraction of sp³-hybridized carbons (Fsp3) is 0.333. The second kappa shape index (κ2) is 5.93. The maximum Gasteiger partial charge on any atom is 0.113 e. The number of benzene rings is 1. The van der Waals surface area contributed by atoms with Gasteiger partial charge in [-0.3, -0.25) is 14.6 Å². The normalized spacial score (nSPS) is 20.9. The highest BCUT2D eigenvalue weighted by Crippen LogP contribution is 2.33. The lowest BCUT2D eigenvalue weighted by Gasteiger charge is -2.38. The summed E-state index contributed by atoms with van der Waals surface area (Å²) in [6.07, 6.45) is 8.28. The third kappa shape index (κ3) is 2.48. The molecule has 0 bridgehead atoms. The molecule has 1 fully saturated rings. The average Bonchev–Trinajstić information content (AvgIpc) is 3.15. The van der Waals surface area contributed by atoms with Crippen LogP contribution in [0.3, 0.4) is 0 Å². The molecule has 0 amide bonds. The van der Waals surface area contributed by atoms with Crippen molar-refractivity contribution < 1.29 is 0 Å². The zero-order valence-corrected chi connectivity index (χ0v) is 13.5. The van der Waals surface area contributed by atoms with Crippen molar-refractivity contribution in [2.45, 2.75) is 19.4 Å². The molecule has 0 N–H and O–H groups in total. The van der Waals surface area contributed by atoms with Crippen molar-refractivity contribution in [2.75, 3.05) is 18.0 Å². The van der Waals surface area contributed by atoms with E-state index in [1.807, 2.05) is 35.3 Å². The van der Waals surface area contributed by atoms with Crippen molar-refractivity contribution in [3.63, 3.8) is 0 Å². The fourth-order valence-corrected chi connectivity index (χ4v) is 3.59. The predicted octanol–water partition coefficient (Wildman–Crippen LogP) is 2.79. The molecule has 1 aliphatic rings. The fourth-order valence-electron chi connectivity index (χ4n) is 3.59.